The molecular weight excluding hydrogens is 374 g/mol. The first-order chi connectivity index (χ1) is 13.1. The molecule has 4 rings (SSSR count). The van der Waals surface area contributed by atoms with E-state index in [1.165, 1.54) is 29.3 Å². The number of benzene rings is 1. The first-order valence-electron chi connectivity index (χ1n) is 9.35. The maximum absolute atomic E-state index is 12.7. The molecule has 4 nitrogen and oxygen atoms in total. The summed E-state index contributed by atoms with van der Waals surface area (Å²) in [7, 11) is 0. The highest BCUT2D eigenvalue weighted by Gasteiger charge is 2.23. The van der Waals surface area contributed by atoms with E-state index in [0.717, 1.165) is 40.2 Å². The SMILES string of the molecule is Cc1ccc(-c2csc3ncnc(SCC(=O)N4CCCCC4C)c23)cc1. The van der Waals surface area contributed by atoms with Gasteiger partial charge in [-0.2, -0.15) is 0 Å². The van der Waals surface area contributed by atoms with Crippen molar-refractivity contribution in [3.05, 3.63) is 41.5 Å². The molecule has 1 unspecified atom stereocenters. The van der Waals surface area contributed by atoms with E-state index in [2.05, 4.69) is 53.5 Å². The Kier molecular flexibility index (Phi) is 5.45. The Labute approximate surface area is 168 Å². The van der Waals surface area contributed by atoms with Gasteiger partial charge in [0, 0.05) is 23.5 Å². The fourth-order valence-corrected chi connectivity index (χ4v) is 5.46. The van der Waals surface area contributed by atoms with E-state index >= 15 is 0 Å². The van der Waals surface area contributed by atoms with Crippen LogP contribution < -0.4 is 0 Å². The van der Waals surface area contributed by atoms with Gasteiger partial charge in [0.1, 0.15) is 16.2 Å². The van der Waals surface area contributed by atoms with E-state index in [1.807, 2.05) is 4.90 Å². The minimum Gasteiger partial charge on any atom is -0.339 e. The lowest BCUT2D eigenvalue weighted by molar-refractivity contribution is -0.131. The number of amides is 1. The largest absolute Gasteiger partial charge is 0.339 e. The van der Waals surface area contributed by atoms with Gasteiger partial charge in [0.05, 0.1) is 11.1 Å². The molecule has 1 saturated heterocycles. The van der Waals surface area contributed by atoms with Crippen molar-refractivity contribution in [2.24, 2.45) is 0 Å². The van der Waals surface area contributed by atoms with Gasteiger partial charge in [-0.3, -0.25) is 4.79 Å². The number of carbonyl (C=O) groups excluding carboxylic acids is 1. The number of aromatic nitrogens is 2. The molecule has 0 N–H and O–H groups in total. The summed E-state index contributed by atoms with van der Waals surface area (Å²) < 4.78 is 0. The molecule has 1 aliphatic heterocycles. The standard InChI is InChI=1S/C21H23N3OS2/c1-14-6-8-16(9-7-14)17-11-26-20-19(17)21(23-13-22-20)27-12-18(25)24-10-4-3-5-15(24)2/h6-9,11,13,15H,3-5,10,12H2,1-2H3. The number of rotatable bonds is 4. The van der Waals surface area contributed by atoms with Crippen LogP contribution in [0.5, 0.6) is 0 Å². The lowest BCUT2D eigenvalue weighted by Gasteiger charge is -2.33. The molecule has 27 heavy (non-hydrogen) atoms. The number of carbonyl (C=O) groups is 1. The van der Waals surface area contributed by atoms with Crippen molar-refractivity contribution in [2.45, 2.75) is 44.2 Å². The van der Waals surface area contributed by atoms with E-state index in [0.29, 0.717) is 11.8 Å². The van der Waals surface area contributed by atoms with E-state index in [4.69, 9.17) is 0 Å². The molecule has 2 aromatic heterocycles. The number of thiophene rings is 1. The second-order valence-electron chi connectivity index (χ2n) is 7.09. The van der Waals surface area contributed by atoms with Gasteiger partial charge in [-0.1, -0.05) is 41.6 Å². The Balaban J connectivity index is 1.59. The Morgan fingerprint density at radius 3 is 2.85 bits per heavy atom. The zero-order valence-corrected chi connectivity index (χ0v) is 17.3. The van der Waals surface area contributed by atoms with Crippen LogP contribution >= 0.6 is 23.1 Å². The molecule has 1 fully saturated rings. The smallest absolute Gasteiger partial charge is 0.233 e. The number of hydrogen-bond donors (Lipinski definition) is 0. The number of likely N-dealkylation sites (tertiary alicyclic amines) is 1. The zero-order chi connectivity index (χ0) is 18.8. The van der Waals surface area contributed by atoms with Gasteiger partial charge < -0.3 is 4.90 Å². The monoisotopic (exact) mass is 397 g/mol. The predicted molar refractivity (Wildman–Crippen MR) is 113 cm³/mol. The molecule has 0 saturated carbocycles. The molecular formula is C21H23N3OS2. The highest BCUT2D eigenvalue weighted by Crippen LogP contribution is 2.38. The van der Waals surface area contributed by atoms with E-state index < -0.39 is 0 Å². The van der Waals surface area contributed by atoms with Gasteiger partial charge in [0.25, 0.3) is 0 Å². The topological polar surface area (TPSA) is 46.1 Å². The average molecular weight is 398 g/mol. The number of hydrogen-bond acceptors (Lipinski definition) is 5. The maximum atomic E-state index is 12.7. The van der Waals surface area contributed by atoms with E-state index in [9.17, 15) is 4.79 Å². The van der Waals surface area contributed by atoms with Crippen molar-refractivity contribution in [3.8, 4) is 11.1 Å². The van der Waals surface area contributed by atoms with Gasteiger partial charge in [0.2, 0.25) is 5.91 Å². The summed E-state index contributed by atoms with van der Waals surface area (Å²) in [5, 5.41) is 4.11. The molecule has 0 spiro atoms. The molecule has 6 heteroatoms. The fourth-order valence-electron chi connectivity index (χ4n) is 3.58. The maximum Gasteiger partial charge on any atom is 0.233 e. The lowest BCUT2D eigenvalue weighted by Crippen LogP contribution is -2.42. The lowest BCUT2D eigenvalue weighted by atomic mass is 10.0. The summed E-state index contributed by atoms with van der Waals surface area (Å²) in [6.45, 7) is 5.12. The van der Waals surface area contributed by atoms with Crippen molar-refractivity contribution in [2.75, 3.05) is 12.3 Å². The van der Waals surface area contributed by atoms with Crippen LogP contribution in [-0.4, -0.2) is 39.1 Å². The van der Waals surface area contributed by atoms with Crippen molar-refractivity contribution in [3.63, 3.8) is 0 Å². The van der Waals surface area contributed by atoms with Crippen molar-refractivity contribution in [1.82, 2.24) is 14.9 Å². The molecule has 1 aromatic carbocycles. The van der Waals surface area contributed by atoms with Gasteiger partial charge in [0.15, 0.2) is 0 Å². The Morgan fingerprint density at radius 1 is 1.26 bits per heavy atom. The summed E-state index contributed by atoms with van der Waals surface area (Å²) in [6.07, 6.45) is 5.05. The number of nitrogens with zero attached hydrogens (tertiary/aromatic N) is 3. The van der Waals surface area contributed by atoms with Crippen molar-refractivity contribution >= 4 is 39.2 Å². The Hall–Kier alpha value is -1.92. The van der Waals surface area contributed by atoms with E-state index in [1.54, 1.807) is 17.7 Å². The zero-order valence-electron chi connectivity index (χ0n) is 15.6. The van der Waals surface area contributed by atoms with Crippen LogP contribution in [0.2, 0.25) is 0 Å². The van der Waals surface area contributed by atoms with Crippen molar-refractivity contribution in [1.29, 1.82) is 0 Å². The van der Waals surface area contributed by atoms with Gasteiger partial charge in [-0.05, 0) is 38.7 Å². The van der Waals surface area contributed by atoms with Crippen LogP contribution in [0, 0.1) is 6.92 Å². The van der Waals surface area contributed by atoms with Crippen LogP contribution in [-0.2, 0) is 4.79 Å². The second kappa shape index (κ2) is 7.98. The van der Waals surface area contributed by atoms with Crippen LogP contribution in [0.4, 0.5) is 0 Å². The first-order valence-corrected chi connectivity index (χ1v) is 11.2. The highest BCUT2D eigenvalue weighted by atomic mass is 32.2. The molecule has 1 amide bonds. The fraction of sp³-hybridized carbons (Fsp3) is 0.381. The molecule has 0 aliphatic carbocycles. The number of fused-ring (bicyclic) bond motifs is 1. The Morgan fingerprint density at radius 2 is 2.07 bits per heavy atom. The molecule has 3 heterocycles. The number of piperidine rings is 1. The third-order valence-electron chi connectivity index (χ3n) is 5.15. The Bertz CT molecular complexity index is 952. The van der Waals surface area contributed by atoms with E-state index in [-0.39, 0.29) is 5.91 Å². The third kappa shape index (κ3) is 3.87. The summed E-state index contributed by atoms with van der Waals surface area (Å²) in [5.74, 6) is 0.644. The summed E-state index contributed by atoms with van der Waals surface area (Å²) in [5.41, 5.74) is 3.56. The molecule has 1 aliphatic rings. The van der Waals surface area contributed by atoms with Gasteiger partial charge >= 0.3 is 0 Å². The summed E-state index contributed by atoms with van der Waals surface area (Å²) in [6, 6.07) is 8.87. The first kappa shape index (κ1) is 18.4. The number of aryl methyl sites for hydroxylation is 1. The highest BCUT2D eigenvalue weighted by molar-refractivity contribution is 8.00. The minimum absolute atomic E-state index is 0.214. The normalized spacial score (nSPS) is 17.4. The molecule has 1 atom stereocenters. The van der Waals surface area contributed by atoms with Crippen LogP contribution in [0.1, 0.15) is 31.7 Å². The van der Waals surface area contributed by atoms with Crippen molar-refractivity contribution < 1.29 is 4.79 Å². The average Bonchev–Trinajstić information content (AvgIpc) is 3.12. The van der Waals surface area contributed by atoms with Gasteiger partial charge in [-0.15, -0.1) is 11.3 Å². The second-order valence-corrected chi connectivity index (χ2v) is 8.92. The molecule has 3 aromatic rings. The molecule has 140 valence electrons. The third-order valence-corrected chi connectivity index (χ3v) is 7.01. The summed E-state index contributed by atoms with van der Waals surface area (Å²) >= 11 is 3.16. The molecule has 0 bridgehead atoms. The molecule has 0 radical (unpaired) electrons. The van der Waals surface area contributed by atoms with Crippen LogP contribution in [0.15, 0.2) is 41.0 Å². The number of thioether (sulfide) groups is 1. The predicted octanol–water partition coefficient (Wildman–Crippen LogP) is 5.16. The van der Waals surface area contributed by atoms with Crippen LogP contribution in [0.3, 0.4) is 0 Å². The quantitative estimate of drug-likeness (QED) is 0.451. The van der Waals surface area contributed by atoms with Gasteiger partial charge in [-0.25, -0.2) is 9.97 Å². The summed E-state index contributed by atoms with van der Waals surface area (Å²) in [4.78, 5) is 24.7. The minimum atomic E-state index is 0.214. The van der Waals surface area contributed by atoms with Crippen LogP contribution in [0.25, 0.3) is 21.3 Å².